The summed E-state index contributed by atoms with van der Waals surface area (Å²) in [6, 6.07) is 12.7. The Balaban J connectivity index is 2.25. The molecular weight excluding hydrogens is 363 g/mol. The van der Waals surface area contributed by atoms with Crippen LogP contribution in [0.5, 0.6) is 5.75 Å². The van der Waals surface area contributed by atoms with Gasteiger partial charge in [0, 0.05) is 0 Å². The number of para-hydroxylation sites is 1. The molecule has 0 bridgehead atoms. The average Bonchev–Trinajstić information content (AvgIpc) is 2.54. The molecule has 2 rings (SSSR count). The lowest BCUT2D eigenvalue weighted by molar-refractivity contribution is -0.112. The zero-order chi connectivity index (χ0) is 16.8. The molecule has 0 saturated carbocycles. The van der Waals surface area contributed by atoms with Crippen LogP contribution in [0.4, 0.5) is 10.1 Å². The Hall–Kier alpha value is -2.65. The fourth-order valence-corrected chi connectivity index (χ4v) is 2.40. The number of benzene rings is 2. The molecule has 0 aliphatic rings. The second-order valence-corrected chi connectivity index (χ2v) is 5.35. The van der Waals surface area contributed by atoms with Gasteiger partial charge >= 0.3 is 0 Å². The quantitative estimate of drug-likeness (QED) is 0.645. The highest BCUT2D eigenvalue weighted by atomic mass is 79.9. The van der Waals surface area contributed by atoms with E-state index in [4.69, 9.17) is 10.00 Å². The van der Waals surface area contributed by atoms with Crippen molar-refractivity contribution in [3.05, 3.63) is 63.9 Å². The highest BCUT2D eigenvalue weighted by Crippen LogP contribution is 2.26. The van der Waals surface area contributed by atoms with E-state index in [1.165, 1.54) is 31.4 Å². The topological polar surface area (TPSA) is 62.1 Å². The number of halogens is 2. The van der Waals surface area contributed by atoms with Crippen molar-refractivity contribution in [2.45, 2.75) is 0 Å². The maximum Gasteiger partial charge on any atom is 0.266 e. The average molecular weight is 375 g/mol. The van der Waals surface area contributed by atoms with E-state index in [2.05, 4.69) is 21.2 Å². The van der Waals surface area contributed by atoms with E-state index in [1.807, 2.05) is 6.07 Å². The van der Waals surface area contributed by atoms with Gasteiger partial charge in [0.1, 0.15) is 23.2 Å². The molecule has 0 spiro atoms. The number of nitrogens with one attached hydrogen (secondary N) is 1. The molecule has 1 N–H and O–H groups in total. The molecule has 0 aliphatic heterocycles. The Morgan fingerprint density at radius 3 is 2.70 bits per heavy atom. The molecule has 0 aromatic heterocycles. The largest absolute Gasteiger partial charge is 0.496 e. The van der Waals surface area contributed by atoms with Crippen LogP contribution >= 0.6 is 15.9 Å². The monoisotopic (exact) mass is 374 g/mol. The maximum absolute atomic E-state index is 13.5. The van der Waals surface area contributed by atoms with E-state index in [-0.39, 0.29) is 11.3 Å². The molecule has 0 fully saturated rings. The molecule has 2 aromatic carbocycles. The number of amides is 1. The van der Waals surface area contributed by atoms with Gasteiger partial charge in [0.2, 0.25) is 0 Å². The summed E-state index contributed by atoms with van der Waals surface area (Å²) in [7, 11) is 1.54. The minimum atomic E-state index is -0.676. The zero-order valence-electron chi connectivity index (χ0n) is 12.1. The number of ether oxygens (including phenoxy) is 1. The molecule has 2 aromatic rings. The smallest absolute Gasteiger partial charge is 0.266 e. The summed E-state index contributed by atoms with van der Waals surface area (Å²) >= 11 is 3.33. The molecule has 1 amide bonds. The second kappa shape index (κ2) is 7.56. The van der Waals surface area contributed by atoms with Gasteiger partial charge in [-0.1, -0.05) is 18.2 Å². The summed E-state index contributed by atoms with van der Waals surface area (Å²) in [4.78, 5) is 12.1. The SMILES string of the molecule is COc1ccc(/C=C(\C#N)C(=O)Nc2ccccc2F)cc1Br. The van der Waals surface area contributed by atoms with Crippen LogP contribution in [0, 0.1) is 17.1 Å². The van der Waals surface area contributed by atoms with Crippen molar-refractivity contribution in [3.8, 4) is 11.8 Å². The van der Waals surface area contributed by atoms with Gasteiger partial charge in [-0.25, -0.2) is 4.39 Å². The Morgan fingerprint density at radius 1 is 1.35 bits per heavy atom. The molecule has 0 atom stereocenters. The standard InChI is InChI=1S/C17H12BrFN2O2/c1-23-16-7-6-11(9-13(16)18)8-12(10-20)17(22)21-15-5-3-2-4-14(15)19/h2-9H,1H3,(H,21,22)/b12-8+. The molecule has 4 nitrogen and oxygen atoms in total. The van der Waals surface area contributed by atoms with Gasteiger partial charge in [-0.3, -0.25) is 4.79 Å². The van der Waals surface area contributed by atoms with E-state index in [9.17, 15) is 9.18 Å². The molecular formula is C17H12BrFN2O2. The van der Waals surface area contributed by atoms with Crippen molar-refractivity contribution < 1.29 is 13.9 Å². The van der Waals surface area contributed by atoms with Crippen molar-refractivity contribution in [2.75, 3.05) is 12.4 Å². The van der Waals surface area contributed by atoms with E-state index >= 15 is 0 Å². The number of hydrogen-bond acceptors (Lipinski definition) is 3. The van der Waals surface area contributed by atoms with Crippen LogP contribution in [0.1, 0.15) is 5.56 Å². The van der Waals surface area contributed by atoms with E-state index in [1.54, 1.807) is 24.3 Å². The first-order valence-corrected chi connectivity index (χ1v) is 7.35. The molecule has 0 saturated heterocycles. The van der Waals surface area contributed by atoms with Crippen molar-refractivity contribution in [3.63, 3.8) is 0 Å². The van der Waals surface area contributed by atoms with Crippen LogP contribution in [-0.4, -0.2) is 13.0 Å². The number of rotatable bonds is 4. The van der Waals surface area contributed by atoms with Crippen LogP contribution in [0.3, 0.4) is 0 Å². The third kappa shape index (κ3) is 4.18. The number of carbonyl (C=O) groups excluding carboxylic acids is 1. The summed E-state index contributed by atoms with van der Waals surface area (Å²) < 4.78 is 19.4. The highest BCUT2D eigenvalue weighted by molar-refractivity contribution is 9.10. The van der Waals surface area contributed by atoms with Gasteiger partial charge in [-0.15, -0.1) is 0 Å². The number of anilines is 1. The molecule has 0 unspecified atom stereocenters. The Bertz CT molecular complexity index is 812. The fourth-order valence-electron chi connectivity index (χ4n) is 1.84. The molecule has 6 heteroatoms. The van der Waals surface area contributed by atoms with Gasteiger partial charge < -0.3 is 10.1 Å². The zero-order valence-corrected chi connectivity index (χ0v) is 13.7. The van der Waals surface area contributed by atoms with Gasteiger partial charge in [-0.05, 0) is 51.8 Å². The number of nitrogens with zero attached hydrogens (tertiary/aromatic N) is 1. The summed E-state index contributed by atoms with van der Waals surface area (Å²) in [5, 5.41) is 11.5. The van der Waals surface area contributed by atoms with Crippen LogP contribution in [-0.2, 0) is 4.79 Å². The Labute approximate surface area is 141 Å². The second-order valence-electron chi connectivity index (χ2n) is 4.50. The summed E-state index contributed by atoms with van der Waals surface area (Å²) in [6.07, 6.45) is 1.42. The summed E-state index contributed by atoms with van der Waals surface area (Å²) in [5.41, 5.74) is 0.526. The van der Waals surface area contributed by atoms with Crippen molar-refractivity contribution in [1.29, 1.82) is 5.26 Å². The molecule has 0 radical (unpaired) electrons. The first kappa shape index (κ1) is 16.7. The fraction of sp³-hybridized carbons (Fsp3) is 0.0588. The first-order chi connectivity index (χ1) is 11.0. The number of carbonyl (C=O) groups is 1. The maximum atomic E-state index is 13.5. The van der Waals surface area contributed by atoms with Gasteiger partial charge in [-0.2, -0.15) is 5.26 Å². The summed E-state index contributed by atoms with van der Waals surface area (Å²) in [6.45, 7) is 0. The molecule has 0 aliphatic carbocycles. The van der Waals surface area contributed by atoms with Crippen LogP contribution < -0.4 is 10.1 Å². The lowest BCUT2D eigenvalue weighted by Crippen LogP contribution is -2.14. The van der Waals surface area contributed by atoms with Gasteiger partial charge in [0.25, 0.3) is 5.91 Å². The van der Waals surface area contributed by atoms with E-state index in [0.29, 0.717) is 15.8 Å². The van der Waals surface area contributed by atoms with Crippen LogP contribution in [0.25, 0.3) is 6.08 Å². The van der Waals surface area contributed by atoms with Crippen LogP contribution in [0.2, 0.25) is 0 Å². The van der Waals surface area contributed by atoms with E-state index in [0.717, 1.165) is 0 Å². The lowest BCUT2D eigenvalue weighted by atomic mass is 10.1. The Kier molecular flexibility index (Phi) is 5.50. The molecule has 0 heterocycles. The van der Waals surface area contributed by atoms with Crippen molar-refractivity contribution in [2.24, 2.45) is 0 Å². The van der Waals surface area contributed by atoms with E-state index < -0.39 is 11.7 Å². The summed E-state index contributed by atoms with van der Waals surface area (Å²) in [5.74, 6) is -0.605. The van der Waals surface area contributed by atoms with Gasteiger partial charge in [0.05, 0.1) is 17.3 Å². The first-order valence-electron chi connectivity index (χ1n) is 6.56. The number of methoxy groups -OCH3 is 1. The minimum absolute atomic E-state index is 0.0227. The van der Waals surface area contributed by atoms with Crippen molar-refractivity contribution in [1.82, 2.24) is 0 Å². The lowest BCUT2D eigenvalue weighted by Gasteiger charge is -2.06. The van der Waals surface area contributed by atoms with Crippen LogP contribution in [0.15, 0.2) is 52.5 Å². The normalized spacial score (nSPS) is 10.8. The molecule has 116 valence electrons. The number of nitriles is 1. The third-order valence-corrected chi connectivity index (χ3v) is 3.59. The van der Waals surface area contributed by atoms with Gasteiger partial charge in [0.15, 0.2) is 0 Å². The van der Waals surface area contributed by atoms with Crippen molar-refractivity contribution >= 4 is 33.6 Å². The Morgan fingerprint density at radius 2 is 2.09 bits per heavy atom. The third-order valence-electron chi connectivity index (χ3n) is 2.97. The molecule has 23 heavy (non-hydrogen) atoms. The predicted octanol–water partition coefficient (Wildman–Crippen LogP) is 4.14. The minimum Gasteiger partial charge on any atom is -0.496 e. The number of hydrogen-bond donors (Lipinski definition) is 1. The predicted molar refractivity (Wildman–Crippen MR) is 89.3 cm³/mol. The highest BCUT2D eigenvalue weighted by Gasteiger charge is 2.12.